The van der Waals surface area contributed by atoms with Crippen molar-refractivity contribution in [3.05, 3.63) is 51.6 Å². The number of amides is 2. The van der Waals surface area contributed by atoms with Crippen LogP contribution in [0.1, 0.15) is 29.9 Å². The van der Waals surface area contributed by atoms with Crippen molar-refractivity contribution in [1.29, 1.82) is 0 Å². The maximum atomic E-state index is 12.3. The minimum atomic E-state index is -0.311. The van der Waals surface area contributed by atoms with Crippen LogP contribution in [-0.2, 0) is 12.8 Å². The first-order valence-corrected chi connectivity index (χ1v) is 9.50. The van der Waals surface area contributed by atoms with E-state index in [1.807, 2.05) is 18.2 Å². The zero-order valence-electron chi connectivity index (χ0n) is 15.7. The zero-order chi connectivity index (χ0) is 19.5. The number of anilines is 2. The minimum absolute atomic E-state index is 0.213. The Labute approximate surface area is 161 Å². The summed E-state index contributed by atoms with van der Waals surface area (Å²) >= 11 is 0. The van der Waals surface area contributed by atoms with E-state index in [9.17, 15) is 9.59 Å². The highest BCUT2D eigenvalue weighted by Crippen LogP contribution is 2.35. The van der Waals surface area contributed by atoms with E-state index in [-0.39, 0.29) is 11.6 Å². The number of hydrogen-bond acceptors (Lipinski definition) is 5. The van der Waals surface area contributed by atoms with Crippen molar-refractivity contribution < 1.29 is 9.21 Å². The van der Waals surface area contributed by atoms with Crippen LogP contribution in [0.25, 0.3) is 11.0 Å². The Morgan fingerprint density at radius 3 is 2.96 bits per heavy atom. The number of nitrogens with one attached hydrogen (secondary N) is 4. The van der Waals surface area contributed by atoms with Crippen molar-refractivity contribution >= 4 is 28.6 Å². The number of aromatic amines is 1. The molecule has 8 nitrogen and oxygen atoms in total. The molecule has 0 bridgehead atoms. The number of rotatable bonds is 5. The van der Waals surface area contributed by atoms with E-state index < -0.39 is 0 Å². The zero-order valence-corrected chi connectivity index (χ0v) is 15.7. The second-order valence-electron chi connectivity index (χ2n) is 6.94. The van der Waals surface area contributed by atoms with E-state index in [0.717, 1.165) is 36.0 Å². The predicted octanol–water partition coefficient (Wildman–Crippen LogP) is 2.94. The van der Waals surface area contributed by atoms with Crippen LogP contribution in [-0.4, -0.2) is 29.1 Å². The summed E-state index contributed by atoms with van der Waals surface area (Å²) in [4.78, 5) is 30.4. The molecule has 0 aliphatic heterocycles. The molecule has 28 heavy (non-hydrogen) atoms. The molecule has 2 heterocycles. The topological polar surface area (TPSA) is 112 Å². The van der Waals surface area contributed by atoms with Gasteiger partial charge in [0.25, 0.3) is 5.56 Å². The van der Waals surface area contributed by atoms with Crippen LogP contribution in [0.2, 0.25) is 0 Å². The molecule has 0 saturated carbocycles. The number of nitrogens with zero attached hydrogens (tertiary/aromatic N) is 1. The van der Waals surface area contributed by atoms with Crippen molar-refractivity contribution in [2.75, 3.05) is 23.7 Å². The van der Waals surface area contributed by atoms with Gasteiger partial charge in [-0.15, -0.1) is 0 Å². The van der Waals surface area contributed by atoms with Crippen molar-refractivity contribution in [1.82, 2.24) is 15.3 Å². The molecule has 2 amide bonds. The van der Waals surface area contributed by atoms with E-state index in [1.165, 1.54) is 18.1 Å². The Bertz CT molecular complexity index is 1070. The Morgan fingerprint density at radius 2 is 2.11 bits per heavy atom. The number of H-pyrrole nitrogens is 1. The Hall–Kier alpha value is -3.29. The van der Waals surface area contributed by atoms with Crippen molar-refractivity contribution in [2.24, 2.45) is 0 Å². The van der Waals surface area contributed by atoms with E-state index in [1.54, 1.807) is 6.92 Å². The molecule has 4 N–H and O–H groups in total. The summed E-state index contributed by atoms with van der Waals surface area (Å²) < 4.78 is 6.03. The molecule has 3 aromatic rings. The van der Waals surface area contributed by atoms with Crippen LogP contribution in [0.5, 0.6) is 0 Å². The Morgan fingerprint density at radius 1 is 1.25 bits per heavy atom. The van der Waals surface area contributed by atoms with Gasteiger partial charge in [-0.1, -0.05) is 12.1 Å². The fourth-order valence-electron chi connectivity index (χ4n) is 3.57. The summed E-state index contributed by atoms with van der Waals surface area (Å²) in [5.74, 6) is 1.43. The van der Waals surface area contributed by atoms with Gasteiger partial charge in [-0.05, 0) is 32.3 Å². The van der Waals surface area contributed by atoms with Crippen LogP contribution in [0, 0.1) is 6.92 Å². The Kier molecular flexibility index (Phi) is 5.01. The molecule has 2 aromatic heterocycles. The van der Waals surface area contributed by atoms with Crippen LogP contribution in [0.15, 0.2) is 33.5 Å². The molecular formula is C20H23N5O3. The van der Waals surface area contributed by atoms with E-state index >= 15 is 0 Å². The molecule has 0 spiro atoms. The largest absolute Gasteiger partial charge is 0.459 e. The second-order valence-corrected chi connectivity index (χ2v) is 6.94. The normalized spacial score (nSPS) is 13.2. The average Bonchev–Trinajstić information content (AvgIpc) is 3.04. The number of carbonyl (C=O) groups excluding carboxylic acids is 1. The molecule has 1 aliphatic rings. The van der Waals surface area contributed by atoms with E-state index in [2.05, 4.69) is 25.9 Å². The monoisotopic (exact) mass is 381 g/mol. The fraction of sp³-hybridized carbons (Fsp3) is 0.350. The highest BCUT2D eigenvalue weighted by Gasteiger charge is 2.19. The van der Waals surface area contributed by atoms with Gasteiger partial charge in [0.1, 0.15) is 5.76 Å². The van der Waals surface area contributed by atoms with Gasteiger partial charge < -0.3 is 20.4 Å². The molecule has 0 fully saturated rings. The third kappa shape index (κ3) is 3.85. The maximum absolute atomic E-state index is 12.3. The van der Waals surface area contributed by atoms with Gasteiger partial charge in [0.05, 0.1) is 5.69 Å². The quantitative estimate of drug-likeness (QED) is 0.508. The number of aryl methyl sites for hydroxylation is 3. The van der Waals surface area contributed by atoms with Crippen molar-refractivity contribution in [2.45, 2.75) is 32.6 Å². The van der Waals surface area contributed by atoms with Gasteiger partial charge in [0.15, 0.2) is 5.58 Å². The van der Waals surface area contributed by atoms with E-state index in [0.29, 0.717) is 30.4 Å². The molecule has 8 heteroatoms. The number of urea groups is 1. The SMILES string of the molecule is Cc1cc(=O)[nH]c(NCCNC(=O)Nc2cccc3c4c(oc23)CCCC4)n1. The third-order valence-corrected chi connectivity index (χ3v) is 4.80. The van der Waals surface area contributed by atoms with Crippen molar-refractivity contribution in [3.63, 3.8) is 0 Å². The lowest BCUT2D eigenvalue weighted by Crippen LogP contribution is -2.33. The minimum Gasteiger partial charge on any atom is -0.459 e. The van der Waals surface area contributed by atoms with Gasteiger partial charge in [-0.3, -0.25) is 9.78 Å². The Balaban J connectivity index is 1.35. The first kappa shape index (κ1) is 18.1. The summed E-state index contributed by atoms with van der Waals surface area (Å²) in [5, 5.41) is 9.72. The maximum Gasteiger partial charge on any atom is 0.319 e. The van der Waals surface area contributed by atoms with Gasteiger partial charge >= 0.3 is 6.03 Å². The van der Waals surface area contributed by atoms with Gasteiger partial charge in [0, 0.05) is 42.2 Å². The number of furan rings is 1. The van der Waals surface area contributed by atoms with Gasteiger partial charge in [-0.2, -0.15) is 0 Å². The highest BCUT2D eigenvalue weighted by atomic mass is 16.3. The van der Waals surface area contributed by atoms with Crippen LogP contribution >= 0.6 is 0 Å². The summed E-state index contributed by atoms with van der Waals surface area (Å²) in [6.45, 7) is 2.55. The lowest BCUT2D eigenvalue weighted by Gasteiger charge is -2.09. The number of hydrogen-bond donors (Lipinski definition) is 4. The number of carbonyl (C=O) groups is 1. The van der Waals surface area contributed by atoms with Crippen LogP contribution in [0.4, 0.5) is 16.4 Å². The molecular weight excluding hydrogens is 358 g/mol. The summed E-state index contributed by atoms with van der Waals surface area (Å²) in [7, 11) is 0. The van der Waals surface area contributed by atoms with Gasteiger partial charge in [-0.25, -0.2) is 9.78 Å². The lowest BCUT2D eigenvalue weighted by molar-refractivity contribution is 0.252. The molecule has 0 atom stereocenters. The molecule has 1 aliphatic carbocycles. The molecule has 0 unspecified atom stereocenters. The number of benzene rings is 1. The predicted molar refractivity (Wildman–Crippen MR) is 108 cm³/mol. The number of para-hydroxylation sites is 1. The smallest absolute Gasteiger partial charge is 0.319 e. The first-order valence-electron chi connectivity index (χ1n) is 9.50. The second kappa shape index (κ2) is 7.75. The summed E-state index contributed by atoms with van der Waals surface area (Å²) in [6.07, 6.45) is 4.30. The molecule has 4 rings (SSSR count). The summed E-state index contributed by atoms with van der Waals surface area (Å²) in [5.41, 5.74) is 3.10. The first-order chi connectivity index (χ1) is 13.6. The van der Waals surface area contributed by atoms with Crippen molar-refractivity contribution in [3.8, 4) is 0 Å². The van der Waals surface area contributed by atoms with Crippen LogP contribution in [0.3, 0.4) is 0 Å². The highest BCUT2D eigenvalue weighted by molar-refractivity contribution is 6.00. The van der Waals surface area contributed by atoms with Gasteiger partial charge in [0.2, 0.25) is 5.95 Å². The number of aromatic nitrogens is 2. The molecule has 0 saturated heterocycles. The molecule has 1 aromatic carbocycles. The summed E-state index contributed by atoms with van der Waals surface area (Å²) in [6, 6.07) is 6.94. The lowest BCUT2D eigenvalue weighted by atomic mass is 9.96. The molecule has 146 valence electrons. The molecule has 0 radical (unpaired) electrons. The van der Waals surface area contributed by atoms with Crippen LogP contribution < -0.4 is 21.5 Å². The number of fused-ring (bicyclic) bond motifs is 3. The van der Waals surface area contributed by atoms with E-state index in [4.69, 9.17) is 4.42 Å². The standard InChI is InChI=1S/C20H23N5O3/c1-12-11-17(26)25-19(23-12)21-9-10-22-20(27)24-15-7-4-6-14-13-5-2-3-8-16(13)28-18(14)15/h4,6-7,11H,2-3,5,8-10H2,1H3,(H2,22,24,27)(H2,21,23,25,26). The third-order valence-electron chi connectivity index (χ3n) is 4.80. The fourth-order valence-corrected chi connectivity index (χ4v) is 3.57. The average molecular weight is 381 g/mol.